The quantitative estimate of drug-likeness (QED) is 0.809. The first-order valence-electron chi connectivity index (χ1n) is 4.35. The molecule has 1 aromatic rings. The summed E-state index contributed by atoms with van der Waals surface area (Å²) in [6.07, 6.45) is 1.28. The number of hydrogen-bond acceptors (Lipinski definition) is 3. The van der Waals surface area contributed by atoms with E-state index in [4.69, 9.17) is 21.4 Å². The molecule has 0 saturated heterocycles. The van der Waals surface area contributed by atoms with Gasteiger partial charge in [0.2, 0.25) is 0 Å². The Morgan fingerprint density at radius 3 is 2.71 bits per heavy atom. The van der Waals surface area contributed by atoms with Gasteiger partial charge >= 0.3 is 0 Å². The first-order chi connectivity index (χ1) is 6.69. The molecule has 4 heteroatoms. The smallest absolute Gasteiger partial charge is 0.161 e. The van der Waals surface area contributed by atoms with Crippen LogP contribution in [0.15, 0.2) is 12.1 Å². The lowest BCUT2D eigenvalue weighted by Gasteiger charge is -2.08. The number of rotatable bonds is 4. The van der Waals surface area contributed by atoms with E-state index in [0.717, 1.165) is 5.56 Å². The molecule has 0 radical (unpaired) electrons. The van der Waals surface area contributed by atoms with Crippen LogP contribution in [-0.4, -0.2) is 23.9 Å². The normalized spacial score (nSPS) is 10.2. The van der Waals surface area contributed by atoms with E-state index in [2.05, 4.69) is 0 Å². The Labute approximate surface area is 87.9 Å². The Morgan fingerprint density at radius 1 is 1.43 bits per heavy atom. The molecule has 78 valence electrons. The Hall–Kier alpha value is -0.930. The summed E-state index contributed by atoms with van der Waals surface area (Å²) in [6.45, 7) is 0.114. The molecule has 0 aliphatic carbocycles. The summed E-state index contributed by atoms with van der Waals surface area (Å²) in [5, 5.41) is 18.7. The van der Waals surface area contributed by atoms with Crippen molar-refractivity contribution in [2.45, 2.75) is 12.8 Å². The number of ether oxygens (including phenoxy) is 1. The summed E-state index contributed by atoms with van der Waals surface area (Å²) < 4.78 is 4.90. The van der Waals surface area contributed by atoms with Crippen molar-refractivity contribution in [1.82, 2.24) is 0 Å². The maximum Gasteiger partial charge on any atom is 0.161 e. The lowest BCUT2D eigenvalue weighted by Crippen LogP contribution is -1.92. The zero-order valence-electron chi connectivity index (χ0n) is 7.96. The number of methoxy groups -OCH3 is 1. The molecule has 0 aliphatic heterocycles. The minimum absolute atomic E-state index is 0.0739. The monoisotopic (exact) mass is 216 g/mol. The lowest BCUT2D eigenvalue weighted by molar-refractivity contribution is 0.288. The fourth-order valence-corrected chi connectivity index (χ4v) is 1.46. The highest BCUT2D eigenvalue weighted by Gasteiger charge is 2.07. The van der Waals surface area contributed by atoms with Gasteiger partial charge in [0.15, 0.2) is 11.5 Å². The van der Waals surface area contributed by atoms with Crippen LogP contribution in [0.3, 0.4) is 0 Å². The molecule has 2 N–H and O–H groups in total. The number of aryl methyl sites for hydroxylation is 1. The van der Waals surface area contributed by atoms with Gasteiger partial charge in [-0.15, -0.1) is 0 Å². The third kappa shape index (κ3) is 2.53. The van der Waals surface area contributed by atoms with Crippen LogP contribution in [0.4, 0.5) is 0 Å². The third-order valence-electron chi connectivity index (χ3n) is 1.95. The third-order valence-corrected chi connectivity index (χ3v) is 2.30. The van der Waals surface area contributed by atoms with Crippen molar-refractivity contribution in [3.05, 3.63) is 22.7 Å². The standard InChI is InChI=1S/C10H13ClO3/c1-14-10-6-8(11)7(3-2-4-12)5-9(10)13/h5-6,12-13H,2-4H2,1H3. The maximum atomic E-state index is 9.47. The van der Waals surface area contributed by atoms with Crippen LogP contribution in [0.25, 0.3) is 0 Å². The number of benzene rings is 1. The highest BCUT2D eigenvalue weighted by Crippen LogP contribution is 2.32. The van der Waals surface area contributed by atoms with Crippen LogP contribution >= 0.6 is 11.6 Å². The molecule has 0 saturated carbocycles. The molecule has 14 heavy (non-hydrogen) atoms. The lowest BCUT2D eigenvalue weighted by atomic mass is 10.1. The molecular weight excluding hydrogens is 204 g/mol. The number of aromatic hydroxyl groups is 1. The van der Waals surface area contributed by atoms with Crippen molar-refractivity contribution in [1.29, 1.82) is 0 Å². The van der Waals surface area contributed by atoms with Gasteiger partial charge in [0.1, 0.15) is 0 Å². The second-order valence-electron chi connectivity index (χ2n) is 2.94. The Morgan fingerprint density at radius 2 is 2.14 bits per heavy atom. The number of aliphatic hydroxyl groups is 1. The Kier molecular flexibility index (Phi) is 4.04. The van der Waals surface area contributed by atoms with Gasteiger partial charge in [0, 0.05) is 17.7 Å². The zero-order chi connectivity index (χ0) is 10.6. The summed E-state index contributed by atoms with van der Waals surface area (Å²) in [4.78, 5) is 0. The van der Waals surface area contributed by atoms with Crippen molar-refractivity contribution in [2.24, 2.45) is 0 Å². The first kappa shape index (κ1) is 11.1. The fraction of sp³-hybridized carbons (Fsp3) is 0.400. The van der Waals surface area contributed by atoms with Gasteiger partial charge in [-0.2, -0.15) is 0 Å². The largest absolute Gasteiger partial charge is 0.504 e. The summed E-state index contributed by atoms with van der Waals surface area (Å²) in [6, 6.07) is 3.14. The molecule has 0 fully saturated rings. The van der Waals surface area contributed by atoms with E-state index in [1.807, 2.05) is 0 Å². The second kappa shape index (κ2) is 5.08. The molecule has 3 nitrogen and oxygen atoms in total. The molecule has 0 aliphatic rings. The van der Waals surface area contributed by atoms with E-state index in [9.17, 15) is 5.11 Å². The van der Waals surface area contributed by atoms with Crippen LogP contribution in [0, 0.1) is 0 Å². The van der Waals surface area contributed by atoms with E-state index < -0.39 is 0 Å². The molecule has 0 unspecified atom stereocenters. The van der Waals surface area contributed by atoms with Crippen molar-refractivity contribution < 1.29 is 14.9 Å². The molecule has 0 bridgehead atoms. The molecule has 1 aromatic carbocycles. The fourth-order valence-electron chi connectivity index (χ4n) is 1.21. The van der Waals surface area contributed by atoms with E-state index in [-0.39, 0.29) is 12.4 Å². The van der Waals surface area contributed by atoms with Crippen molar-refractivity contribution in [3.63, 3.8) is 0 Å². The molecular formula is C10H13ClO3. The summed E-state index contributed by atoms with van der Waals surface area (Å²) in [5.74, 6) is 0.438. The summed E-state index contributed by atoms with van der Waals surface area (Å²) in [7, 11) is 1.47. The first-order valence-corrected chi connectivity index (χ1v) is 4.73. The van der Waals surface area contributed by atoms with E-state index in [1.54, 1.807) is 12.1 Å². The van der Waals surface area contributed by atoms with Crippen LogP contribution in [0.5, 0.6) is 11.5 Å². The molecule has 0 atom stereocenters. The number of halogens is 1. The second-order valence-corrected chi connectivity index (χ2v) is 3.35. The summed E-state index contributed by atoms with van der Waals surface area (Å²) >= 11 is 5.94. The Balaban J connectivity index is 2.90. The van der Waals surface area contributed by atoms with Crippen LogP contribution in [-0.2, 0) is 6.42 Å². The van der Waals surface area contributed by atoms with Crippen LogP contribution in [0.1, 0.15) is 12.0 Å². The number of phenolic OH excluding ortho intramolecular Hbond substituents is 1. The Bertz CT molecular complexity index is 312. The highest BCUT2D eigenvalue weighted by molar-refractivity contribution is 6.31. The van der Waals surface area contributed by atoms with Crippen LogP contribution in [0.2, 0.25) is 5.02 Å². The van der Waals surface area contributed by atoms with Crippen LogP contribution < -0.4 is 4.74 Å². The van der Waals surface area contributed by atoms with Gasteiger partial charge in [-0.05, 0) is 24.5 Å². The predicted molar refractivity (Wildman–Crippen MR) is 55.1 cm³/mol. The molecule has 0 spiro atoms. The average Bonchev–Trinajstić information content (AvgIpc) is 2.18. The van der Waals surface area contributed by atoms with Crippen molar-refractivity contribution in [3.8, 4) is 11.5 Å². The summed E-state index contributed by atoms with van der Waals surface area (Å²) in [5.41, 5.74) is 0.819. The predicted octanol–water partition coefficient (Wildman–Crippen LogP) is 1.98. The maximum absolute atomic E-state index is 9.47. The van der Waals surface area contributed by atoms with Gasteiger partial charge in [-0.25, -0.2) is 0 Å². The number of hydrogen-bond donors (Lipinski definition) is 2. The van der Waals surface area contributed by atoms with E-state index in [0.29, 0.717) is 23.6 Å². The minimum atomic E-state index is 0.0739. The zero-order valence-corrected chi connectivity index (χ0v) is 8.71. The van der Waals surface area contributed by atoms with Crippen molar-refractivity contribution in [2.75, 3.05) is 13.7 Å². The van der Waals surface area contributed by atoms with E-state index >= 15 is 0 Å². The van der Waals surface area contributed by atoms with E-state index in [1.165, 1.54) is 7.11 Å². The van der Waals surface area contributed by atoms with Gasteiger partial charge in [0.25, 0.3) is 0 Å². The molecule has 0 heterocycles. The van der Waals surface area contributed by atoms with Gasteiger partial charge in [0.05, 0.1) is 7.11 Å². The molecule has 0 amide bonds. The minimum Gasteiger partial charge on any atom is -0.504 e. The van der Waals surface area contributed by atoms with Gasteiger partial charge < -0.3 is 14.9 Å². The topological polar surface area (TPSA) is 49.7 Å². The van der Waals surface area contributed by atoms with Gasteiger partial charge in [-0.1, -0.05) is 11.6 Å². The number of phenols is 1. The molecule has 1 rings (SSSR count). The van der Waals surface area contributed by atoms with Gasteiger partial charge in [-0.3, -0.25) is 0 Å². The SMILES string of the molecule is COc1cc(Cl)c(CCCO)cc1O. The molecule has 0 aromatic heterocycles. The highest BCUT2D eigenvalue weighted by atomic mass is 35.5. The van der Waals surface area contributed by atoms with Crippen molar-refractivity contribution >= 4 is 11.6 Å². The average molecular weight is 217 g/mol. The number of aliphatic hydroxyl groups excluding tert-OH is 1.